The zero-order chi connectivity index (χ0) is 31.0. The molecule has 0 spiro atoms. The average Bonchev–Trinajstić information content (AvgIpc) is 3.65. The first-order chi connectivity index (χ1) is 21.2. The van der Waals surface area contributed by atoms with Crippen molar-refractivity contribution in [3.63, 3.8) is 0 Å². The number of imidazole rings is 1. The summed E-state index contributed by atoms with van der Waals surface area (Å²) in [5, 5.41) is 0.317. The lowest BCUT2D eigenvalue weighted by atomic mass is 10.0. The second-order valence-electron chi connectivity index (χ2n) is 11.2. The molecule has 0 bridgehead atoms. The molecule has 1 amide bonds. The summed E-state index contributed by atoms with van der Waals surface area (Å²) in [4.78, 5) is 35.4. The van der Waals surface area contributed by atoms with E-state index in [1.54, 1.807) is 30.3 Å². The van der Waals surface area contributed by atoms with E-state index in [9.17, 15) is 18.0 Å². The normalized spacial score (nSPS) is 19.0. The first-order valence-electron chi connectivity index (χ1n) is 14.8. The molecule has 2 aliphatic rings. The number of likely N-dealkylation sites (tertiary alicyclic amines) is 1. The number of halogens is 1. The van der Waals surface area contributed by atoms with E-state index >= 15 is 0 Å². The Morgan fingerprint density at radius 2 is 1.66 bits per heavy atom. The molecule has 232 valence electrons. The van der Waals surface area contributed by atoms with Gasteiger partial charge >= 0.3 is 5.69 Å². The maximum Gasteiger partial charge on any atom is 0.344 e. The number of likely N-dealkylation sites (N-methyl/N-ethyl adjacent to an activating group) is 1. The van der Waals surface area contributed by atoms with Crippen LogP contribution in [0.25, 0.3) is 11.0 Å². The fraction of sp³-hybridized carbons (Fsp3) is 0.375. The SMILES string of the molecule is CCN1CCN([C@@H]2CCN(C(=O)C(c3ccccc3)n3c(=O)n(S(=O)(=O)c4ccc(OC)cc4)c4ccc(Cl)cc43)C2)CC1. The number of piperazine rings is 1. The number of amides is 1. The van der Waals surface area contributed by atoms with Crippen LogP contribution < -0.4 is 10.4 Å². The van der Waals surface area contributed by atoms with Crippen LogP contribution >= 0.6 is 11.6 Å². The smallest absolute Gasteiger partial charge is 0.344 e. The zero-order valence-electron chi connectivity index (χ0n) is 24.8. The molecule has 2 atom stereocenters. The third kappa shape index (κ3) is 5.53. The molecule has 10 nitrogen and oxygen atoms in total. The van der Waals surface area contributed by atoms with Crippen LogP contribution in [0.1, 0.15) is 24.9 Å². The van der Waals surface area contributed by atoms with Crippen LogP contribution in [0.4, 0.5) is 0 Å². The Morgan fingerprint density at radius 1 is 0.955 bits per heavy atom. The molecular weight excluding hydrogens is 602 g/mol. The van der Waals surface area contributed by atoms with E-state index in [1.807, 2.05) is 11.0 Å². The fourth-order valence-electron chi connectivity index (χ4n) is 6.40. The first kappa shape index (κ1) is 30.4. The molecule has 0 N–H and O–H groups in total. The molecule has 0 aliphatic carbocycles. The summed E-state index contributed by atoms with van der Waals surface area (Å²) in [6.45, 7) is 8.23. The van der Waals surface area contributed by atoms with E-state index in [0.29, 0.717) is 29.4 Å². The Balaban J connectivity index is 1.43. The summed E-state index contributed by atoms with van der Waals surface area (Å²) >= 11 is 6.41. The van der Waals surface area contributed by atoms with Crippen LogP contribution in [0.2, 0.25) is 5.02 Å². The Hall–Kier alpha value is -3.64. The number of nitrogens with zero attached hydrogens (tertiary/aromatic N) is 5. The summed E-state index contributed by atoms with van der Waals surface area (Å²) in [5.74, 6) is 0.227. The largest absolute Gasteiger partial charge is 0.497 e. The topological polar surface area (TPSA) is 97.1 Å². The summed E-state index contributed by atoms with van der Waals surface area (Å²) in [6, 6.07) is 18.6. The number of methoxy groups -OCH3 is 1. The summed E-state index contributed by atoms with van der Waals surface area (Å²) in [6.07, 6.45) is 0.841. The van der Waals surface area contributed by atoms with Gasteiger partial charge in [0, 0.05) is 50.3 Å². The quantitative estimate of drug-likeness (QED) is 0.292. The minimum absolute atomic E-state index is 0.0810. The molecule has 12 heteroatoms. The molecule has 2 fully saturated rings. The molecule has 0 saturated carbocycles. The van der Waals surface area contributed by atoms with Crippen molar-refractivity contribution in [2.75, 3.05) is 52.9 Å². The van der Waals surface area contributed by atoms with E-state index in [-0.39, 0.29) is 27.9 Å². The Labute approximate surface area is 262 Å². The molecule has 1 aromatic heterocycles. The lowest BCUT2D eigenvalue weighted by Gasteiger charge is -2.37. The third-order valence-corrected chi connectivity index (χ3v) is 10.8. The minimum atomic E-state index is -4.35. The van der Waals surface area contributed by atoms with Gasteiger partial charge in [-0.2, -0.15) is 3.97 Å². The van der Waals surface area contributed by atoms with Gasteiger partial charge in [-0.05, 0) is 61.0 Å². The maximum atomic E-state index is 14.5. The number of hydrogen-bond donors (Lipinski definition) is 0. The molecule has 3 aromatic carbocycles. The van der Waals surface area contributed by atoms with Gasteiger partial charge in [0.2, 0.25) is 0 Å². The summed E-state index contributed by atoms with van der Waals surface area (Å²) < 4.78 is 35.2. The second-order valence-corrected chi connectivity index (χ2v) is 13.5. The lowest BCUT2D eigenvalue weighted by Crippen LogP contribution is -2.51. The lowest BCUT2D eigenvalue weighted by molar-refractivity contribution is -0.132. The molecule has 1 unspecified atom stereocenters. The Morgan fingerprint density at radius 3 is 2.32 bits per heavy atom. The van der Waals surface area contributed by atoms with Gasteiger partial charge in [0.25, 0.3) is 15.9 Å². The molecule has 3 heterocycles. The molecular formula is C32H36ClN5O5S. The second kappa shape index (κ2) is 12.4. The molecule has 2 aliphatic heterocycles. The van der Waals surface area contributed by atoms with Crippen molar-refractivity contribution in [2.24, 2.45) is 0 Å². The predicted molar refractivity (Wildman–Crippen MR) is 170 cm³/mol. The van der Waals surface area contributed by atoms with Crippen molar-refractivity contribution in [3.05, 3.63) is 93.9 Å². The van der Waals surface area contributed by atoms with Crippen LogP contribution in [-0.2, 0) is 14.8 Å². The Bertz CT molecular complexity index is 1820. The number of aromatic nitrogens is 2. The van der Waals surface area contributed by atoms with Crippen molar-refractivity contribution in [3.8, 4) is 5.75 Å². The van der Waals surface area contributed by atoms with Crippen LogP contribution in [0.3, 0.4) is 0 Å². The van der Waals surface area contributed by atoms with Crippen LogP contribution in [-0.4, -0.2) is 96.5 Å². The number of benzene rings is 3. The van der Waals surface area contributed by atoms with Gasteiger partial charge in [-0.15, -0.1) is 0 Å². The van der Waals surface area contributed by atoms with E-state index < -0.39 is 21.8 Å². The highest BCUT2D eigenvalue weighted by molar-refractivity contribution is 7.90. The number of ether oxygens (including phenoxy) is 1. The number of hydrogen-bond acceptors (Lipinski definition) is 7. The molecule has 0 radical (unpaired) electrons. The van der Waals surface area contributed by atoms with Crippen LogP contribution in [0.15, 0.2) is 82.5 Å². The molecule has 4 aromatic rings. The molecule has 44 heavy (non-hydrogen) atoms. The van der Waals surface area contributed by atoms with E-state index in [0.717, 1.165) is 43.1 Å². The fourth-order valence-corrected chi connectivity index (χ4v) is 7.96. The van der Waals surface area contributed by atoms with Crippen molar-refractivity contribution in [1.82, 2.24) is 23.2 Å². The van der Waals surface area contributed by atoms with E-state index in [2.05, 4.69) is 16.7 Å². The Kier molecular flexibility index (Phi) is 8.56. The van der Waals surface area contributed by atoms with Crippen molar-refractivity contribution >= 4 is 38.6 Å². The molecule has 2 saturated heterocycles. The van der Waals surface area contributed by atoms with Crippen LogP contribution in [0, 0.1) is 0 Å². The number of carbonyl (C=O) groups excluding carboxylic acids is 1. The van der Waals surface area contributed by atoms with E-state index in [4.69, 9.17) is 16.3 Å². The van der Waals surface area contributed by atoms with Gasteiger partial charge in [-0.25, -0.2) is 13.2 Å². The summed E-state index contributed by atoms with van der Waals surface area (Å²) in [7, 11) is -2.87. The minimum Gasteiger partial charge on any atom is -0.497 e. The van der Waals surface area contributed by atoms with Crippen molar-refractivity contribution in [2.45, 2.75) is 30.3 Å². The van der Waals surface area contributed by atoms with Crippen molar-refractivity contribution in [1.29, 1.82) is 0 Å². The van der Waals surface area contributed by atoms with Crippen LogP contribution in [0.5, 0.6) is 5.75 Å². The standard InChI is InChI=1S/C32H36ClN5O5S/c1-3-34-17-19-35(20-18-34)25-15-16-36(22-25)31(39)30(23-7-5-4-6-8-23)37-29-21-24(33)9-14-28(29)38(32(37)40)44(41,42)27-12-10-26(43-2)11-13-27/h4-14,21,25,30H,3,15-20,22H2,1-2H3/t25-,30?/m1/s1. The van der Waals surface area contributed by atoms with E-state index in [1.165, 1.54) is 48.1 Å². The summed E-state index contributed by atoms with van der Waals surface area (Å²) in [5.41, 5.74) is 0.137. The number of carbonyl (C=O) groups is 1. The average molecular weight is 638 g/mol. The maximum absolute atomic E-state index is 14.5. The monoisotopic (exact) mass is 637 g/mol. The van der Waals surface area contributed by atoms with Gasteiger partial charge in [-0.3, -0.25) is 14.3 Å². The van der Waals surface area contributed by atoms with Crippen molar-refractivity contribution < 1.29 is 17.9 Å². The highest BCUT2D eigenvalue weighted by Crippen LogP contribution is 2.31. The molecule has 6 rings (SSSR count). The third-order valence-electron chi connectivity index (χ3n) is 8.85. The van der Waals surface area contributed by atoms with Gasteiger partial charge in [0.1, 0.15) is 11.8 Å². The number of rotatable bonds is 8. The number of fused-ring (bicyclic) bond motifs is 1. The van der Waals surface area contributed by atoms with Gasteiger partial charge < -0.3 is 14.5 Å². The zero-order valence-corrected chi connectivity index (χ0v) is 26.4. The van der Waals surface area contributed by atoms with Gasteiger partial charge in [-0.1, -0.05) is 48.9 Å². The first-order valence-corrected chi connectivity index (χ1v) is 16.7. The predicted octanol–water partition coefficient (Wildman–Crippen LogP) is 3.53. The highest BCUT2D eigenvalue weighted by Gasteiger charge is 2.38. The van der Waals surface area contributed by atoms with Gasteiger partial charge in [0.05, 0.1) is 23.0 Å². The van der Waals surface area contributed by atoms with Gasteiger partial charge in [0.15, 0.2) is 0 Å². The highest BCUT2D eigenvalue weighted by atomic mass is 35.5.